The molecule has 0 saturated heterocycles. The predicted octanol–water partition coefficient (Wildman–Crippen LogP) is 2.23. The van der Waals surface area contributed by atoms with E-state index >= 15 is 0 Å². The molecule has 0 heterocycles. The van der Waals surface area contributed by atoms with Gasteiger partial charge in [-0.1, -0.05) is 43.3 Å². The Labute approximate surface area is 95.1 Å². The molecule has 1 aromatic rings. The zero-order valence-corrected chi connectivity index (χ0v) is 11.4. The predicted molar refractivity (Wildman–Crippen MR) is 72.1 cm³/mol. The van der Waals surface area contributed by atoms with E-state index in [9.17, 15) is 0 Å². The second kappa shape index (κ2) is 5.28. The number of allylic oxidation sites excluding steroid dienone is 1. The lowest BCUT2D eigenvalue weighted by Gasteiger charge is -2.22. The van der Waals surface area contributed by atoms with E-state index in [4.69, 9.17) is 0 Å². The van der Waals surface area contributed by atoms with Gasteiger partial charge >= 0.3 is 0 Å². The molecule has 0 aromatic heterocycles. The summed E-state index contributed by atoms with van der Waals surface area (Å²) in [6, 6.07) is 10.1. The first-order chi connectivity index (χ1) is 7.06. The van der Waals surface area contributed by atoms with Gasteiger partial charge in [-0.3, -0.25) is 0 Å². The van der Waals surface area contributed by atoms with E-state index in [1.807, 2.05) is 0 Å². The molecule has 2 heteroatoms. The first-order valence-corrected chi connectivity index (χ1v) is 7.39. The van der Waals surface area contributed by atoms with Gasteiger partial charge in [0.25, 0.3) is 0 Å². The normalized spacial score (nSPS) is 12.9. The molecular formula is C13H21NSi. The molecule has 0 saturated carbocycles. The Morgan fingerprint density at radius 1 is 1.40 bits per heavy atom. The van der Waals surface area contributed by atoms with Crippen LogP contribution < -0.4 is 5.19 Å². The third kappa shape index (κ3) is 3.04. The minimum absolute atomic E-state index is 0.922. The maximum atomic E-state index is 4.00. The first kappa shape index (κ1) is 12.2. The van der Waals surface area contributed by atoms with Crippen LogP contribution in [0.15, 0.2) is 30.8 Å². The van der Waals surface area contributed by atoms with E-state index in [-0.39, 0.29) is 0 Å². The molecule has 0 bridgehead atoms. The molecule has 1 nitrogen and oxygen atoms in total. The molecule has 0 aliphatic rings. The van der Waals surface area contributed by atoms with Crippen molar-refractivity contribution in [2.45, 2.75) is 19.9 Å². The summed E-state index contributed by atoms with van der Waals surface area (Å²) in [5.74, 6) is 0. The van der Waals surface area contributed by atoms with Crippen molar-refractivity contribution in [3.05, 3.63) is 36.4 Å². The first-order valence-electron chi connectivity index (χ1n) is 5.48. The molecule has 0 fully saturated rings. The van der Waals surface area contributed by atoms with E-state index in [1.54, 1.807) is 0 Å². The second-order valence-electron chi connectivity index (χ2n) is 4.29. The van der Waals surface area contributed by atoms with Crippen molar-refractivity contribution in [1.29, 1.82) is 0 Å². The van der Waals surface area contributed by atoms with Crippen molar-refractivity contribution in [3.8, 4) is 0 Å². The molecule has 0 radical (unpaired) electrons. The fourth-order valence-electron chi connectivity index (χ4n) is 1.91. The molecule has 0 N–H and O–H groups in total. The van der Waals surface area contributed by atoms with Gasteiger partial charge in [0.2, 0.25) is 0 Å². The van der Waals surface area contributed by atoms with Gasteiger partial charge < -0.3 is 4.57 Å². The smallest absolute Gasteiger partial charge is 0.143 e. The highest BCUT2D eigenvalue weighted by Crippen LogP contribution is 2.10. The number of rotatable bonds is 4. The van der Waals surface area contributed by atoms with Gasteiger partial charge in [-0.05, 0) is 37.8 Å². The Kier molecular flexibility index (Phi) is 4.30. The summed E-state index contributed by atoms with van der Waals surface area (Å²) in [6.07, 6.45) is 0. The quantitative estimate of drug-likeness (QED) is 0.702. The summed E-state index contributed by atoms with van der Waals surface area (Å²) in [6.45, 7) is 8.35. The highest BCUT2D eigenvalue weighted by molar-refractivity contribution is 6.70. The number of benzene rings is 1. The summed E-state index contributed by atoms with van der Waals surface area (Å²) in [5.41, 5.74) is 2.43. The van der Waals surface area contributed by atoms with Crippen LogP contribution in [0.1, 0.15) is 19.4 Å². The second-order valence-corrected chi connectivity index (χ2v) is 7.84. The van der Waals surface area contributed by atoms with Gasteiger partial charge in [-0.25, -0.2) is 0 Å². The standard InChI is InChI=1S/C13H21NSi/c1-6-15(14(4)5)13-9-7-8-12(10-13)11(2)3/h7-10,15H,2,6H2,1,3-5H3. The summed E-state index contributed by atoms with van der Waals surface area (Å²) in [5, 5.41) is 1.52. The van der Waals surface area contributed by atoms with Gasteiger partial charge in [-0.2, -0.15) is 0 Å². The van der Waals surface area contributed by atoms with Crippen molar-refractivity contribution in [2.24, 2.45) is 0 Å². The van der Waals surface area contributed by atoms with E-state index in [1.165, 1.54) is 16.8 Å². The van der Waals surface area contributed by atoms with Crippen LogP contribution in [-0.4, -0.2) is 27.6 Å². The van der Waals surface area contributed by atoms with Crippen molar-refractivity contribution < 1.29 is 0 Å². The molecule has 0 amide bonds. The average Bonchev–Trinajstić information content (AvgIpc) is 2.18. The Bertz CT molecular complexity index is 344. The summed E-state index contributed by atoms with van der Waals surface area (Å²) in [4.78, 5) is 0. The lowest BCUT2D eigenvalue weighted by molar-refractivity contribution is 0.646. The maximum Gasteiger partial charge on any atom is 0.143 e. The van der Waals surface area contributed by atoms with Gasteiger partial charge in [0.15, 0.2) is 0 Å². The molecule has 82 valence electrons. The van der Waals surface area contributed by atoms with Crippen LogP contribution in [0.3, 0.4) is 0 Å². The van der Waals surface area contributed by atoms with Crippen LogP contribution in [0.5, 0.6) is 0 Å². The van der Waals surface area contributed by atoms with E-state index < -0.39 is 8.96 Å². The third-order valence-corrected chi connectivity index (χ3v) is 5.92. The van der Waals surface area contributed by atoms with Crippen molar-refractivity contribution in [2.75, 3.05) is 14.1 Å². The molecule has 1 atom stereocenters. The number of nitrogens with zero attached hydrogens (tertiary/aromatic N) is 1. The van der Waals surface area contributed by atoms with Gasteiger partial charge in [0, 0.05) is 0 Å². The van der Waals surface area contributed by atoms with E-state index in [2.05, 4.69) is 63.4 Å². The lowest BCUT2D eigenvalue weighted by Crippen LogP contribution is -2.43. The lowest BCUT2D eigenvalue weighted by atomic mass is 10.1. The minimum atomic E-state index is -0.922. The molecule has 15 heavy (non-hydrogen) atoms. The minimum Gasteiger partial charge on any atom is -0.328 e. The highest BCUT2D eigenvalue weighted by atomic mass is 28.3. The van der Waals surface area contributed by atoms with Crippen LogP contribution in [0, 0.1) is 0 Å². The fraction of sp³-hybridized carbons (Fsp3) is 0.385. The van der Waals surface area contributed by atoms with Gasteiger partial charge in [-0.15, -0.1) is 0 Å². The number of hydrogen-bond acceptors (Lipinski definition) is 1. The van der Waals surface area contributed by atoms with E-state index in [0.29, 0.717) is 0 Å². The molecular weight excluding hydrogens is 198 g/mol. The molecule has 1 aromatic carbocycles. The highest BCUT2D eigenvalue weighted by Gasteiger charge is 2.13. The Hall–Kier alpha value is -0.863. The van der Waals surface area contributed by atoms with Crippen LogP contribution in [0.4, 0.5) is 0 Å². The zero-order chi connectivity index (χ0) is 11.4. The van der Waals surface area contributed by atoms with Crippen LogP contribution in [-0.2, 0) is 0 Å². The van der Waals surface area contributed by atoms with Crippen LogP contribution >= 0.6 is 0 Å². The largest absolute Gasteiger partial charge is 0.328 e. The Morgan fingerprint density at radius 2 is 2.07 bits per heavy atom. The van der Waals surface area contributed by atoms with Gasteiger partial charge in [0.1, 0.15) is 8.96 Å². The summed E-state index contributed by atoms with van der Waals surface area (Å²) < 4.78 is 2.40. The molecule has 0 aliphatic heterocycles. The van der Waals surface area contributed by atoms with Crippen LogP contribution in [0.2, 0.25) is 6.04 Å². The number of hydrogen-bond donors (Lipinski definition) is 0. The SMILES string of the molecule is C=C(C)c1cccc([SiH](CC)N(C)C)c1. The molecule has 0 aliphatic carbocycles. The fourth-order valence-corrected chi connectivity index (χ4v) is 4.41. The van der Waals surface area contributed by atoms with Crippen molar-refractivity contribution in [1.82, 2.24) is 4.57 Å². The maximum absolute atomic E-state index is 4.00. The average molecular weight is 219 g/mol. The van der Waals surface area contributed by atoms with E-state index in [0.717, 1.165) is 5.57 Å². The molecule has 0 spiro atoms. The van der Waals surface area contributed by atoms with Crippen molar-refractivity contribution in [3.63, 3.8) is 0 Å². The third-order valence-electron chi connectivity index (χ3n) is 2.77. The molecule has 1 unspecified atom stereocenters. The topological polar surface area (TPSA) is 3.24 Å². The summed E-state index contributed by atoms with van der Waals surface area (Å²) in [7, 11) is 3.46. The Balaban J connectivity index is 3.03. The summed E-state index contributed by atoms with van der Waals surface area (Å²) >= 11 is 0. The zero-order valence-electron chi connectivity index (χ0n) is 10.2. The Morgan fingerprint density at radius 3 is 2.53 bits per heavy atom. The molecule has 1 rings (SSSR count). The van der Waals surface area contributed by atoms with Gasteiger partial charge in [0.05, 0.1) is 0 Å². The van der Waals surface area contributed by atoms with Crippen molar-refractivity contribution >= 4 is 19.7 Å². The van der Waals surface area contributed by atoms with Crippen LogP contribution in [0.25, 0.3) is 5.57 Å². The monoisotopic (exact) mass is 219 g/mol.